The van der Waals surface area contributed by atoms with Crippen LogP contribution in [0.25, 0.3) is 0 Å². The van der Waals surface area contributed by atoms with E-state index in [2.05, 4.69) is 5.32 Å². The van der Waals surface area contributed by atoms with Gasteiger partial charge in [0, 0.05) is 5.02 Å². The Morgan fingerprint density at radius 1 is 1.11 bits per heavy atom. The third kappa shape index (κ3) is 3.63. The Labute approximate surface area is 120 Å². The van der Waals surface area contributed by atoms with Gasteiger partial charge in [0.2, 0.25) is 5.91 Å². The van der Waals surface area contributed by atoms with E-state index in [1.54, 1.807) is 36.4 Å². The first-order valence-corrected chi connectivity index (χ1v) is 6.33. The molecule has 0 spiro atoms. The van der Waals surface area contributed by atoms with Gasteiger partial charge in [-0.2, -0.15) is 0 Å². The highest BCUT2D eigenvalue weighted by Crippen LogP contribution is 2.30. The topological polar surface area (TPSA) is 49.3 Å². The van der Waals surface area contributed by atoms with Gasteiger partial charge in [-0.05, 0) is 29.8 Å². The molecule has 3 nitrogen and oxygen atoms in total. The van der Waals surface area contributed by atoms with E-state index in [-0.39, 0.29) is 23.1 Å². The van der Waals surface area contributed by atoms with Crippen LogP contribution in [0.3, 0.4) is 0 Å². The van der Waals surface area contributed by atoms with Crippen molar-refractivity contribution in [3.8, 4) is 5.75 Å². The van der Waals surface area contributed by atoms with Gasteiger partial charge in [0.1, 0.15) is 10.8 Å². The average Bonchev–Trinajstić information content (AvgIpc) is 2.38. The van der Waals surface area contributed by atoms with Gasteiger partial charge in [0.05, 0.1) is 12.1 Å². The third-order valence-corrected chi connectivity index (χ3v) is 3.18. The summed E-state index contributed by atoms with van der Waals surface area (Å²) in [7, 11) is 0. The Hall–Kier alpha value is -1.71. The van der Waals surface area contributed by atoms with Crippen LogP contribution in [0.1, 0.15) is 5.56 Å². The summed E-state index contributed by atoms with van der Waals surface area (Å²) in [6.07, 6.45) is 0.211. The smallest absolute Gasteiger partial charge is 0.228 e. The molecule has 0 aliphatic heterocycles. The van der Waals surface area contributed by atoms with Crippen molar-refractivity contribution in [3.05, 3.63) is 58.1 Å². The first-order chi connectivity index (χ1) is 9.06. The summed E-state index contributed by atoms with van der Waals surface area (Å²) < 4.78 is 0. The fraction of sp³-hybridized carbons (Fsp3) is 0.0714. The van der Waals surface area contributed by atoms with Crippen LogP contribution in [0, 0.1) is 0 Å². The molecule has 2 aromatic carbocycles. The number of amides is 1. The molecular formula is C14H11Cl2NO2. The molecule has 0 unspecified atom stereocenters. The van der Waals surface area contributed by atoms with E-state index in [1.807, 2.05) is 0 Å². The van der Waals surface area contributed by atoms with Crippen molar-refractivity contribution in [2.24, 2.45) is 0 Å². The minimum Gasteiger partial charge on any atom is -0.506 e. The second kappa shape index (κ2) is 5.95. The quantitative estimate of drug-likeness (QED) is 0.903. The molecule has 0 bridgehead atoms. The Morgan fingerprint density at radius 3 is 2.47 bits per heavy atom. The largest absolute Gasteiger partial charge is 0.506 e. The zero-order valence-electron chi connectivity index (χ0n) is 9.86. The van der Waals surface area contributed by atoms with Gasteiger partial charge in [0.25, 0.3) is 0 Å². The number of rotatable bonds is 3. The van der Waals surface area contributed by atoms with E-state index in [0.717, 1.165) is 5.56 Å². The number of halogens is 2. The summed E-state index contributed by atoms with van der Waals surface area (Å²) >= 11 is 11.6. The summed E-state index contributed by atoms with van der Waals surface area (Å²) in [5.74, 6) is -0.277. The number of nitrogens with one attached hydrogen (secondary N) is 1. The third-order valence-electron chi connectivity index (χ3n) is 2.53. The normalized spacial score (nSPS) is 10.2. The number of aromatic hydroxyl groups is 1. The van der Waals surface area contributed by atoms with E-state index in [1.165, 1.54) is 6.07 Å². The van der Waals surface area contributed by atoms with Crippen LogP contribution in [-0.4, -0.2) is 11.0 Å². The Bertz CT molecular complexity index is 597. The van der Waals surface area contributed by atoms with Crippen LogP contribution in [0.15, 0.2) is 42.5 Å². The molecule has 2 rings (SSSR count). The van der Waals surface area contributed by atoms with Gasteiger partial charge >= 0.3 is 0 Å². The minimum absolute atomic E-state index is 0.0639. The Balaban J connectivity index is 2.05. The van der Waals surface area contributed by atoms with Crippen molar-refractivity contribution in [2.75, 3.05) is 5.32 Å². The summed E-state index contributed by atoms with van der Waals surface area (Å²) in [5.41, 5.74) is 1.24. The standard InChI is InChI=1S/C14H11Cl2NO2/c15-10-6-4-9(5-7-10)8-13(19)17-11-2-1-3-12(18)14(11)16/h1-7,18H,8H2,(H,17,19). The molecule has 0 saturated carbocycles. The SMILES string of the molecule is O=C(Cc1ccc(Cl)cc1)Nc1cccc(O)c1Cl. The van der Waals surface area contributed by atoms with Gasteiger partial charge < -0.3 is 10.4 Å². The molecule has 0 aromatic heterocycles. The Kier molecular flexibility index (Phi) is 4.30. The molecule has 0 saturated heterocycles. The lowest BCUT2D eigenvalue weighted by molar-refractivity contribution is -0.115. The maximum absolute atomic E-state index is 11.8. The molecule has 1 amide bonds. The lowest BCUT2D eigenvalue weighted by Gasteiger charge is -2.08. The molecule has 5 heteroatoms. The molecule has 0 aliphatic rings. The highest BCUT2D eigenvalue weighted by atomic mass is 35.5. The maximum atomic E-state index is 11.8. The molecule has 0 aliphatic carbocycles. The highest BCUT2D eigenvalue weighted by Gasteiger charge is 2.09. The summed E-state index contributed by atoms with van der Waals surface area (Å²) in [6.45, 7) is 0. The number of hydrogen-bond donors (Lipinski definition) is 2. The lowest BCUT2D eigenvalue weighted by Crippen LogP contribution is -2.14. The van der Waals surface area contributed by atoms with Crippen molar-refractivity contribution in [1.29, 1.82) is 0 Å². The van der Waals surface area contributed by atoms with Crippen molar-refractivity contribution in [1.82, 2.24) is 0 Å². The van der Waals surface area contributed by atoms with Gasteiger partial charge in [-0.3, -0.25) is 4.79 Å². The van der Waals surface area contributed by atoms with Crippen LogP contribution in [0.5, 0.6) is 5.75 Å². The first kappa shape index (κ1) is 13.7. The van der Waals surface area contributed by atoms with Gasteiger partial charge in [-0.1, -0.05) is 41.4 Å². The summed E-state index contributed by atoms with van der Waals surface area (Å²) in [5, 5.41) is 12.8. The van der Waals surface area contributed by atoms with E-state index in [4.69, 9.17) is 23.2 Å². The minimum atomic E-state index is -0.213. The molecule has 0 atom stereocenters. The molecule has 0 heterocycles. The first-order valence-electron chi connectivity index (χ1n) is 5.58. The number of carbonyl (C=O) groups excluding carboxylic acids is 1. The molecule has 0 fully saturated rings. The van der Waals surface area contributed by atoms with Crippen LogP contribution in [0.2, 0.25) is 10.0 Å². The fourth-order valence-corrected chi connectivity index (χ4v) is 1.90. The molecule has 2 aromatic rings. The average molecular weight is 296 g/mol. The lowest BCUT2D eigenvalue weighted by atomic mass is 10.1. The summed E-state index contributed by atoms with van der Waals surface area (Å²) in [6, 6.07) is 11.7. The van der Waals surface area contributed by atoms with E-state index in [0.29, 0.717) is 10.7 Å². The van der Waals surface area contributed by atoms with Crippen molar-refractivity contribution >= 4 is 34.8 Å². The summed E-state index contributed by atoms with van der Waals surface area (Å²) in [4.78, 5) is 11.8. The predicted octanol–water partition coefficient (Wildman–Crippen LogP) is 3.88. The second-order valence-electron chi connectivity index (χ2n) is 3.99. The zero-order chi connectivity index (χ0) is 13.8. The number of carbonyl (C=O) groups is 1. The molecule has 2 N–H and O–H groups in total. The number of anilines is 1. The van der Waals surface area contributed by atoms with E-state index >= 15 is 0 Å². The van der Waals surface area contributed by atoms with Crippen LogP contribution in [0.4, 0.5) is 5.69 Å². The highest BCUT2D eigenvalue weighted by molar-refractivity contribution is 6.35. The maximum Gasteiger partial charge on any atom is 0.228 e. The van der Waals surface area contributed by atoms with Crippen molar-refractivity contribution < 1.29 is 9.90 Å². The number of phenolic OH excluding ortho intramolecular Hbond substituents is 1. The van der Waals surface area contributed by atoms with E-state index < -0.39 is 0 Å². The van der Waals surface area contributed by atoms with Gasteiger partial charge in [-0.25, -0.2) is 0 Å². The van der Waals surface area contributed by atoms with Crippen molar-refractivity contribution in [3.63, 3.8) is 0 Å². The number of hydrogen-bond acceptors (Lipinski definition) is 2. The molecule has 98 valence electrons. The zero-order valence-corrected chi connectivity index (χ0v) is 11.4. The predicted molar refractivity (Wildman–Crippen MR) is 76.9 cm³/mol. The molecule has 19 heavy (non-hydrogen) atoms. The van der Waals surface area contributed by atoms with Gasteiger partial charge in [0.15, 0.2) is 0 Å². The van der Waals surface area contributed by atoms with Gasteiger partial charge in [-0.15, -0.1) is 0 Å². The van der Waals surface area contributed by atoms with Crippen LogP contribution >= 0.6 is 23.2 Å². The fourth-order valence-electron chi connectivity index (χ4n) is 1.60. The Morgan fingerprint density at radius 2 is 1.79 bits per heavy atom. The molecular weight excluding hydrogens is 285 g/mol. The number of benzene rings is 2. The van der Waals surface area contributed by atoms with E-state index in [9.17, 15) is 9.90 Å². The number of phenols is 1. The van der Waals surface area contributed by atoms with Crippen LogP contribution < -0.4 is 5.32 Å². The second-order valence-corrected chi connectivity index (χ2v) is 4.80. The van der Waals surface area contributed by atoms with Crippen LogP contribution in [-0.2, 0) is 11.2 Å². The monoisotopic (exact) mass is 295 g/mol. The molecule has 0 radical (unpaired) electrons. The van der Waals surface area contributed by atoms with Crippen molar-refractivity contribution in [2.45, 2.75) is 6.42 Å².